The Bertz CT molecular complexity index is 785. The van der Waals surface area contributed by atoms with Gasteiger partial charge in [0, 0.05) is 12.7 Å². The van der Waals surface area contributed by atoms with Crippen molar-refractivity contribution in [3.63, 3.8) is 0 Å². The third-order valence-electron chi connectivity index (χ3n) is 6.77. The molecule has 0 aromatic carbocycles. The van der Waals surface area contributed by atoms with Crippen molar-refractivity contribution in [2.75, 3.05) is 12.8 Å². The van der Waals surface area contributed by atoms with E-state index < -0.39 is 41.3 Å². The van der Waals surface area contributed by atoms with Crippen LogP contribution in [-0.2, 0) is 16.1 Å². The van der Waals surface area contributed by atoms with Crippen molar-refractivity contribution >= 4 is 29.3 Å². The minimum atomic E-state index is -1.38. The lowest BCUT2D eigenvalue weighted by atomic mass is 9.92. The number of aryl methyl sites for hydroxylation is 2. The van der Waals surface area contributed by atoms with Crippen molar-refractivity contribution in [2.45, 2.75) is 99.8 Å². The summed E-state index contributed by atoms with van der Waals surface area (Å²) < 4.78 is 7.71. The van der Waals surface area contributed by atoms with Crippen LogP contribution in [0.25, 0.3) is 0 Å². The Labute approximate surface area is 210 Å². The van der Waals surface area contributed by atoms with E-state index in [0.717, 1.165) is 44.5 Å². The van der Waals surface area contributed by atoms with Crippen molar-refractivity contribution in [3.8, 4) is 0 Å². The number of thioether (sulfide) groups is 1. The molecule has 10 nitrogen and oxygen atoms in total. The highest BCUT2D eigenvalue weighted by Crippen LogP contribution is 2.30. The fourth-order valence-corrected chi connectivity index (χ4v) is 5.64. The van der Waals surface area contributed by atoms with E-state index in [-0.39, 0.29) is 11.9 Å². The van der Waals surface area contributed by atoms with E-state index in [9.17, 15) is 20.1 Å². The maximum Gasteiger partial charge on any atom is 0.237 e. The number of nitrogens with one attached hydrogen (secondary N) is 2. The van der Waals surface area contributed by atoms with Crippen LogP contribution in [0.2, 0.25) is 0 Å². The molecule has 2 aliphatic heterocycles. The number of hydrogen-bond acceptors (Lipinski definition) is 9. The predicted octanol–water partition coefficient (Wildman–Crippen LogP) is 0.408. The largest absolute Gasteiger partial charge is 0.388 e. The third kappa shape index (κ3) is 7.05. The van der Waals surface area contributed by atoms with Gasteiger partial charge in [-0.25, -0.2) is 0 Å². The van der Waals surface area contributed by atoms with Gasteiger partial charge in [0.1, 0.15) is 29.9 Å². The quantitative estimate of drug-likeness (QED) is 0.293. The summed E-state index contributed by atoms with van der Waals surface area (Å²) in [6.07, 6.45) is 3.48. The molecular formula is C22H38ClN5O5S. The van der Waals surface area contributed by atoms with Crippen molar-refractivity contribution in [2.24, 2.45) is 5.92 Å². The van der Waals surface area contributed by atoms with E-state index in [1.54, 1.807) is 13.2 Å². The van der Waals surface area contributed by atoms with Crippen LogP contribution in [0.15, 0.2) is 6.20 Å². The summed E-state index contributed by atoms with van der Waals surface area (Å²) in [6.45, 7) is 5.22. The molecule has 9 atom stereocenters. The maximum absolute atomic E-state index is 13.1. The van der Waals surface area contributed by atoms with E-state index in [0.29, 0.717) is 12.3 Å². The summed E-state index contributed by atoms with van der Waals surface area (Å²) in [5, 5.41) is 44.7. The number of aliphatic hydroxyl groups is 3. The fourth-order valence-electron chi connectivity index (χ4n) is 4.76. The first-order valence-electron chi connectivity index (χ1n) is 12.0. The summed E-state index contributed by atoms with van der Waals surface area (Å²) in [6, 6.07) is -1.10. The summed E-state index contributed by atoms with van der Waals surface area (Å²) in [7, 11) is 0. The summed E-state index contributed by atoms with van der Waals surface area (Å²) in [5.74, 6) is 0.327. The second kappa shape index (κ2) is 12.8. The lowest BCUT2D eigenvalue weighted by Crippen LogP contribution is -2.65. The van der Waals surface area contributed by atoms with Gasteiger partial charge in [-0.15, -0.1) is 28.5 Å². The Morgan fingerprint density at radius 3 is 2.74 bits per heavy atom. The molecule has 194 valence electrons. The predicted molar refractivity (Wildman–Crippen MR) is 131 cm³/mol. The second-order valence-corrected chi connectivity index (χ2v) is 11.0. The van der Waals surface area contributed by atoms with E-state index >= 15 is 0 Å². The van der Waals surface area contributed by atoms with E-state index in [2.05, 4.69) is 20.9 Å². The minimum absolute atomic E-state index is 0.201. The van der Waals surface area contributed by atoms with Crippen LogP contribution < -0.4 is 10.6 Å². The molecular weight excluding hydrogens is 482 g/mol. The molecule has 0 radical (unpaired) electrons. The average molecular weight is 520 g/mol. The van der Waals surface area contributed by atoms with E-state index in [4.69, 9.17) is 16.3 Å². The molecule has 0 saturated carbocycles. The summed E-state index contributed by atoms with van der Waals surface area (Å²) in [5.41, 5.74) is 0.189. The van der Waals surface area contributed by atoms with Crippen molar-refractivity contribution in [1.82, 2.24) is 25.6 Å². The Hall–Kier alpha value is -0.950. The number of nitrogens with zero attached hydrogens (tertiary/aromatic N) is 3. The lowest BCUT2D eigenvalue weighted by Gasteiger charge is -2.44. The SMILES string of the molecule is CSC1OC(C(NC(=O)C2CCC(CCCn3cc(C)nn3)CCN2)C(C)Cl)C(O)C(O)C1O. The average Bonchev–Trinajstić information content (AvgIpc) is 3.07. The van der Waals surface area contributed by atoms with Gasteiger partial charge in [-0.05, 0) is 64.7 Å². The smallest absolute Gasteiger partial charge is 0.237 e. The number of carbonyl (C=O) groups excluding carboxylic acids is 1. The monoisotopic (exact) mass is 519 g/mol. The molecule has 34 heavy (non-hydrogen) atoms. The molecule has 2 fully saturated rings. The van der Waals surface area contributed by atoms with Crippen LogP contribution in [0.1, 0.15) is 44.7 Å². The molecule has 2 saturated heterocycles. The molecule has 5 N–H and O–H groups in total. The number of amides is 1. The molecule has 12 heteroatoms. The Kier molecular flexibility index (Phi) is 10.4. The minimum Gasteiger partial charge on any atom is -0.388 e. The standard InChI is InChI=1S/C22H38ClN5O5S/c1-12-11-28(27-26-12)10-4-5-14-6-7-15(24-9-8-14)21(32)25-16(13(2)23)20-18(30)17(29)19(31)22(33-20)34-3/h11,13-20,22,24,29-31H,4-10H2,1-3H3,(H,25,32). The van der Waals surface area contributed by atoms with Gasteiger partial charge in [0.25, 0.3) is 0 Å². The first-order valence-corrected chi connectivity index (χ1v) is 13.7. The fraction of sp³-hybridized carbons (Fsp3) is 0.864. The van der Waals surface area contributed by atoms with Crippen LogP contribution in [0.4, 0.5) is 0 Å². The zero-order valence-electron chi connectivity index (χ0n) is 20.0. The highest BCUT2D eigenvalue weighted by Gasteiger charge is 2.48. The molecule has 0 aliphatic carbocycles. The zero-order valence-corrected chi connectivity index (χ0v) is 21.6. The van der Waals surface area contributed by atoms with Gasteiger partial charge in [0.15, 0.2) is 0 Å². The van der Waals surface area contributed by atoms with Crippen molar-refractivity contribution in [3.05, 3.63) is 11.9 Å². The van der Waals surface area contributed by atoms with Crippen LogP contribution >= 0.6 is 23.4 Å². The Balaban J connectivity index is 1.52. The number of ether oxygens (including phenoxy) is 1. The molecule has 0 spiro atoms. The molecule has 3 rings (SSSR count). The molecule has 1 aromatic rings. The normalized spacial score (nSPS) is 34.3. The Morgan fingerprint density at radius 1 is 1.32 bits per heavy atom. The molecule has 0 bridgehead atoms. The van der Waals surface area contributed by atoms with Crippen LogP contribution in [0, 0.1) is 12.8 Å². The topological polar surface area (TPSA) is 142 Å². The zero-order chi connectivity index (χ0) is 24.8. The second-order valence-electron chi connectivity index (χ2n) is 9.39. The first-order chi connectivity index (χ1) is 16.2. The van der Waals surface area contributed by atoms with Crippen molar-refractivity contribution in [1.29, 1.82) is 0 Å². The number of rotatable bonds is 9. The highest BCUT2D eigenvalue weighted by atomic mass is 35.5. The van der Waals surface area contributed by atoms with Gasteiger partial charge >= 0.3 is 0 Å². The lowest BCUT2D eigenvalue weighted by molar-refractivity contribution is -0.205. The summed E-state index contributed by atoms with van der Waals surface area (Å²) in [4.78, 5) is 13.1. The van der Waals surface area contributed by atoms with E-state index in [1.165, 1.54) is 11.8 Å². The molecule has 2 aliphatic rings. The number of alkyl halides is 1. The number of hydrogen-bond donors (Lipinski definition) is 5. The number of carbonyl (C=O) groups is 1. The number of aromatic nitrogens is 3. The maximum atomic E-state index is 13.1. The number of aliphatic hydroxyl groups excluding tert-OH is 3. The molecule has 1 amide bonds. The van der Waals surface area contributed by atoms with Gasteiger partial charge in [0.05, 0.1) is 23.2 Å². The van der Waals surface area contributed by atoms with Gasteiger partial charge < -0.3 is 30.7 Å². The third-order valence-corrected chi connectivity index (χ3v) is 7.90. The highest BCUT2D eigenvalue weighted by molar-refractivity contribution is 7.99. The van der Waals surface area contributed by atoms with Gasteiger partial charge in [-0.1, -0.05) is 5.21 Å². The van der Waals surface area contributed by atoms with Crippen LogP contribution in [-0.4, -0.2) is 96.3 Å². The van der Waals surface area contributed by atoms with Gasteiger partial charge in [-0.3, -0.25) is 9.48 Å². The number of halogens is 1. The van der Waals surface area contributed by atoms with E-state index in [1.807, 2.05) is 17.8 Å². The first kappa shape index (κ1) is 27.6. The van der Waals surface area contributed by atoms with Crippen LogP contribution in [0.5, 0.6) is 0 Å². The Morgan fingerprint density at radius 2 is 2.09 bits per heavy atom. The van der Waals surface area contributed by atoms with Crippen molar-refractivity contribution < 1.29 is 24.9 Å². The van der Waals surface area contributed by atoms with Gasteiger partial charge in [-0.2, -0.15) is 0 Å². The molecule has 3 heterocycles. The summed E-state index contributed by atoms with van der Waals surface area (Å²) >= 11 is 7.60. The van der Waals surface area contributed by atoms with Gasteiger partial charge in [0.2, 0.25) is 5.91 Å². The molecule has 9 unspecified atom stereocenters. The van der Waals surface area contributed by atoms with Crippen LogP contribution in [0.3, 0.4) is 0 Å². The molecule has 1 aromatic heterocycles.